The second kappa shape index (κ2) is 15.6. The number of hydrogen-bond acceptors (Lipinski definition) is 4. The SMILES string of the molecule is Fc1ccc(N(c2cc(-c3ccc4sc5ccc(-c6ccccc6)cc5c4c3)cc(-c3ccc4c(c3)c3ccccc3n4-c3cccc4c3oc3ccccc34)c2)c2ccc3cnccc3c2)cc1. The molecule has 6 heteroatoms. The van der Waals surface area contributed by atoms with E-state index in [-0.39, 0.29) is 5.82 Å². The average molecular weight is 904 g/mol. The van der Waals surface area contributed by atoms with Crippen LogP contribution in [-0.2, 0) is 0 Å². The van der Waals surface area contributed by atoms with Gasteiger partial charge in [0.1, 0.15) is 11.4 Å². The van der Waals surface area contributed by atoms with Crippen LogP contribution < -0.4 is 4.90 Å². The monoisotopic (exact) mass is 903 g/mol. The number of hydrogen-bond donors (Lipinski definition) is 0. The molecule has 0 amide bonds. The van der Waals surface area contributed by atoms with Gasteiger partial charge in [0.15, 0.2) is 5.58 Å². The van der Waals surface area contributed by atoms with Crippen molar-refractivity contribution >= 4 is 103 Å². The topological polar surface area (TPSA) is 34.2 Å². The summed E-state index contributed by atoms with van der Waals surface area (Å²) in [7, 11) is 0. The Morgan fingerprint density at radius 3 is 1.87 bits per heavy atom. The third-order valence-corrected chi connectivity index (χ3v) is 14.8. The summed E-state index contributed by atoms with van der Waals surface area (Å²) in [4.78, 5) is 6.61. The van der Waals surface area contributed by atoms with Gasteiger partial charge in [0.25, 0.3) is 0 Å². The molecule has 0 atom stereocenters. The summed E-state index contributed by atoms with van der Waals surface area (Å²) in [6.45, 7) is 0. The molecule has 0 aliphatic heterocycles. The Morgan fingerprint density at radius 2 is 1.07 bits per heavy atom. The Labute approximate surface area is 400 Å². The maximum atomic E-state index is 14.7. The quantitative estimate of drug-likeness (QED) is 0.160. The first-order chi connectivity index (χ1) is 34.1. The first kappa shape index (κ1) is 39.3. The number of benzene rings is 10. The minimum Gasteiger partial charge on any atom is -0.454 e. The largest absolute Gasteiger partial charge is 0.454 e. The van der Waals surface area contributed by atoms with E-state index in [1.54, 1.807) is 0 Å². The van der Waals surface area contributed by atoms with E-state index in [9.17, 15) is 4.39 Å². The molecule has 14 rings (SSSR count). The van der Waals surface area contributed by atoms with Gasteiger partial charge in [-0.05, 0) is 154 Å². The first-order valence-corrected chi connectivity index (χ1v) is 23.9. The average Bonchev–Trinajstić information content (AvgIpc) is 4.08. The van der Waals surface area contributed by atoms with Gasteiger partial charge in [0.05, 0.1) is 16.7 Å². The van der Waals surface area contributed by atoms with Gasteiger partial charge in [-0.3, -0.25) is 4.98 Å². The first-order valence-electron chi connectivity index (χ1n) is 23.1. The molecule has 0 radical (unpaired) electrons. The molecule has 0 N–H and O–H groups in total. The number of rotatable bonds is 7. The van der Waals surface area contributed by atoms with E-state index >= 15 is 0 Å². The van der Waals surface area contributed by atoms with E-state index in [2.05, 4.69) is 190 Å². The lowest BCUT2D eigenvalue weighted by Gasteiger charge is -2.27. The highest BCUT2D eigenvalue weighted by Gasteiger charge is 2.21. The Bertz CT molecular complexity index is 4340. The number of furan rings is 1. The van der Waals surface area contributed by atoms with Crippen LogP contribution in [0, 0.1) is 5.82 Å². The molecule has 69 heavy (non-hydrogen) atoms. The molecular weight excluding hydrogens is 866 g/mol. The maximum absolute atomic E-state index is 14.7. The maximum Gasteiger partial charge on any atom is 0.159 e. The molecule has 0 aliphatic rings. The van der Waals surface area contributed by atoms with Crippen molar-refractivity contribution in [3.8, 4) is 39.1 Å². The summed E-state index contributed by atoms with van der Waals surface area (Å²) in [5.41, 5.74) is 14.4. The van der Waals surface area contributed by atoms with Gasteiger partial charge in [-0.2, -0.15) is 0 Å². The van der Waals surface area contributed by atoms with Crippen LogP contribution in [0.5, 0.6) is 0 Å². The smallest absolute Gasteiger partial charge is 0.159 e. The zero-order chi connectivity index (χ0) is 45.6. The summed E-state index contributed by atoms with van der Waals surface area (Å²) < 4.78 is 26.2. The Balaban J connectivity index is 0.994. The van der Waals surface area contributed by atoms with Crippen molar-refractivity contribution < 1.29 is 8.81 Å². The molecule has 0 aliphatic carbocycles. The van der Waals surface area contributed by atoms with Crippen molar-refractivity contribution in [3.63, 3.8) is 0 Å². The third-order valence-electron chi connectivity index (χ3n) is 13.7. The molecule has 0 bridgehead atoms. The fourth-order valence-corrected chi connectivity index (χ4v) is 11.5. The van der Waals surface area contributed by atoms with E-state index in [1.165, 1.54) is 43.4 Å². The second-order valence-corrected chi connectivity index (χ2v) is 18.8. The lowest BCUT2D eigenvalue weighted by Crippen LogP contribution is -2.10. The molecule has 14 aromatic rings. The van der Waals surface area contributed by atoms with Gasteiger partial charge in [0, 0.05) is 76.6 Å². The lowest BCUT2D eigenvalue weighted by atomic mass is 9.95. The molecule has 4 heterocycles. The number of pyridine rings is 1. The highest BCUT2D eigenvalue weighted by Crippen LogP contribution is 2.45. The van der Waals surface area contributed by atoms with Crippen LogP contribution in [0.4, 0.5) is 21.5 Å². The van der Waals surface area contributed by atoms with Gasteiger partial charge >= 0.3 is 0 Å². The standard InChI is InChI=1S/C63H38FN3OS/c64-47-21-24-48(25-22-47)66(49-23-17-44-38-65-30-29-43(44)32-49)50-33-45(31-46(34-50)42-20-28-62-56(37-42)55-36-40(19-27-61(55)69-62)39-9-2-1-3-10-39)41-18-26-58-54(35-41)51-11-4-6-14-57(51)67(58)59-15-8-13-53-52-12-5-7-16-60(52)68-63(53)59/h1-38H. The molecule has 0 saturated heterocycles. The van der Waals surface area contributed by atoms with Crippen molar-refractivity contribution in [2.75, 3.05) is 4.90 Å². The number of thiophene rings is 1. The molecule has 0 unspecified atom stereocenters. The lowest BCUT2D eigenvalue weighted by molar-refractivity contribution is 0.628. The highest BCUT2D eigenvalue weighted by molar-refractivity contribution is 7.25. The third kappa shape index (κ3) is 6.52. The number of nitrogens with zero attached hydrogens (tertiary/aromatic N) is 3. The summed E-state index contributed by atoms with van der Waals surface area (Å²) >= 11 is 1.83. The summed E-state index contributed by atoms with van der Waals surface area (Å²) in [5.74, 6) is -0.284. The molecule has 4 nitrogen and oxygen atoms in total. The van der Waals surface area contributed by atoms with E-state index in [4.69, 9.17) is 4.42 Å². The summed E-state index contributed by atoms with van der Waals surface area (Å²) in [6, 6.07) is 76.5. The van der Waals surface area contributed by atoms with Gasteiger partial charge in [0.2, 0.25) is 0 Å². The van der Waals surface area contributed by atoms with Gasteiger partial charge in [-0.25, -0.2) is 4.39 Å². The minimum atomic E-state index is -0.284. The molecule has 0 saturated carbocycles. The number of fused-ring (bicyclic) bond motifs is 10. The fourth-order valence-electron chi connectivity index (χ4n) is 10.4. The van der Waals surface area contributed by atoms with Crippen LogP contribution in [-0.4, -0.2) is 9.55 Å². The van der Waals surface area contributed by atoms with Crippen LogP contribution in [0.3, 0.4) is 0 Å². The van der Waals surface area contributed by atoms with Crippen LogP contribution in [0.1, 0.15) is 0 Å². The highest BCUT2D eigenvalue weighted by atomic mass is 32.1. The van der Waals surface area contributed by atoms with E-state index in [0.717, 1.165) is 99.5 Å². The Hall–Kier alpha value is -8.84. The van der Waals surface area contributed by atoms with Crippen molar-refractivity contribution in [1.82, 2.24) is 9.55 Å². The zero-order valence-corrected chi connectivity index (χ0v) is 37.8. The van der Waals surface area contributed by atoms with Gasteiger partial charge in [-0.15, -0.1) is 11.3 Å². The molecular formula is C63H38FN3OS. The zero-order valence-electron chi connectivity index (χ0n) is 37.0. The molecule has 4 aromatic heterocycles. The van der Waals surface area contributed by atoms with E-state index in [0.29, 0.717) is 0 Å². The van der Waals surface area contributed by atoms with Gasteiger partial charge in [-0.1, -0.05) is 103 Å². The predicted octanol–water partition coefficient (Wildman–Crippen LogP) is 18.2. The van der Waals surface area contributed by atoms with Crippen molar-refractivity contribution in [1.29, 1.82) is 0 Å². The van der Waals surface area contributed by atoms with Crippen molar-refractivity contribution in [3.05, 3.63) is 237 Å². The summed E-state index contributed by atoms with van der Waals surface area (Å²) in [6.07, 6.45) is 3.71. The fraction of sp³-hybridized carbons (Fsp3) is 0. The predicted molar refractivity (Wildman–Crippen MR) is 287 cm³/mol. The van der Waals surface area contributed by atoms with Gasteiger partial charge < -0.3 is 13.9 Å². The summed E-state index contributed by atoms with van der Waals surface area (Å²) in [5, 5.41) is 9.07. The van der Waals surface area contributed by atoms with Crippen LogP contribution >= 0.6 is 11.3 Å². The number of para-hydroxylation sites is 3. The number of anilines is 3. The Morgan fingerprint density at radius 1 is 0.420 bits per heavy atom. The number of halogens is 1. The molecule has 0 fully saturated rings. The minimum absolute atomic E-state index is 0.284. The normalized spacial score (nSPS) is 11.8. The van der Waals surface area contributed by atoms with Crippen LogP contribution in [0.15, 0.2) is 235 Å². The van der Waals surface area contributed by atoms with Crippen LogP contribution in [0.2, 0.25) is 0 Å². The molecule has 10 aromatic carbocycles. The van der Waals surface area contributed by atoms with E-state index < -0.39 is 0 Å². The van der Waals surface area contributed by atoms with Crippen LogP contribution in [0.25, 0.3) is 114 Å². The molecule has 324 valence electrons. The molecule has 0 spiro atoms. The van der Waals surface area contributed by atoms with Crippen molar-refractivity contribution in [2.24, 2.45) is 0 Å². The second-order valence-electron chi connectivity index (χ2n) is 17.7. The van der Waals surface area contributed by atoms with Crippen molar-refractivity contribution in [2.45, 2.75) is 0 Å². The number of aromatic nitrogens is 2. The Kier molecular flexibility index (Phi) is 8.91. The van der Waals surface area contributed by atoms with E-state index in [1.807, 2.05) is 54.1 Å².